The molecule has 0 atom stereocenters. The van der Waals surface area contributed by atoms with E-state index >= 15 is 0 Å². The van der Waals surface area contributed by atoms with E-state index in [0.717, 1.165) is 11.1 Å². The predicted molar refractivity (Wildman–Crippen MR) is 86.7 cm³/mol. The lowest BCUT2D eigenvalue weighted by molar-refractivity contribution is 0.379. The van der Waals surface area contributed by atoms with Gasteiger partial charge >= 0.3 is 6.01 Å². The van der Waals surface area contributed by atoms with E-state index in [2.05, 4.69) is 28.8 Å². The molecule has 0 unspecified atom stereocenters. The first-order valence-electron chi connectivity index (χ1n) is 7.10. The van der Waals surface area contributed by atoms with E-state index in [1.807, 2.05) is 48.5 Å². The summed E-state index contributed by atoms with van der Waals surface area (Å²) in [5, 5.41) is 0. The summed E-state index contributed by atoms with van der Waals surface area (Å²) < 4.78 is 5.22. The number of hydrogen-bond acceptors (Lipinski definition) is 4. The third-order valence-corrected chi connectivity index (χ3v) is 3.42. The van der Waals surface area contributed by atoms with Crippen molar-refractivity contribution in [2.75, 3.05) is 7.11 Å². The van der Waals surface area contributed by atoms with Crippen molar-refractivity contribution >= 4 is 0 Å². The fourth-order valence-corrected chi connectivity index (χ4v) is 2.11. The SMILES string of the molecule is COc1nc(-c2ccc(C)cc2)nc(-c2ccc(C)cc2)n1. The molecule has 1 heterocycles. The third kappa shape index (κ3) is 2.96. The summed E-state index contributed by atoms with van der Waals surface area (Å²) in [4.78, 5) is 13.3. The number of nitrogens with zero attached hydrogens (tertiary/aromatic N) is 3. The second-order valence-corrected chi connectivity index (χ2v) is 5.20. The van der Waals surface area contributed by atoms with E-state index in [0.29, 0.717) is 17.7 Å². The molecule has 110 valence electrons. The highest BCUT2D eigenvalue weighted by atomic mass is 16.5. The van der Waals surface area contributed by atoms with Gasteiger partial charge in [-0.15, -0.1) is 0 Å². The topological polar surface area (TPSA) is 47.9 Å². The van der Waals surface area contributed by atoms with Crippen LogP contribution in [-0.2, 0) is 0 Å². The van der Waals surface area contributed by atoms with Gasteiger partial charge in [-0.3, -0.25) is 0 Å². The van der Waals surface area contributed by atoms with E-state index in [-0.39, 0.29) is 0 Å². The third-order valence-electron chi connectivity index (χ3n) is 3.42. The minimum absolute atomic E-state index is 0.321. The van der Waals surface area contributed by atoms with Gasteiger partial charge in [0.2, 0.25) is 0 Å². The first-order chi connectivity index (χ1) is 10.7. The van der Waals surface area contributed by atoms with Gasteiger partial charge in [0, 0.05) is 11.1 Å². The second kappa shape index (κ2) is 5.93. The molecule has 2 aromatic carbocycles. The van der Waals surface area contributed by atoms with E-state index < -0.39 is 0 Å². The Labute approximate surface area is 129 Å². The molecule has 0 saturated heterocycles. The Morgan fingerprint density at radius 3 is 1.41 bits per heavy atom. The lowest BCUT2D eigenvalue weighted by Gasteiger charge is -2.07. The van der Waals surface area contributed by atoms with Gasteiger partial charge < -0.3 is 4.74 Å². The number of aryl methyl sites for hydroxylation is 2. The zero-order valence-electron chi connectivity index (χ0n) is 12.9. The zero-order chi connectivity index (χ0) is 15.5. The highest BCUT2D eigenvalue weighted by Crippen LogP contribution is 2.22. The summed E-state index contributed by atoms with van der Waals surface area (Å²) in [6.07, 6.45) is 0. The van der Waals surface area contributed by atoms with Crippen LogP contribution in [0.25, 0.3) is 22.8 Å². The summed E-state index contributed by atoms with van der Waals surface area (Å²) in [7, 11) is 1.56. The summed E-state index contributed by atoms with van der Waals surface area (Å²) in [5.41, 5.74) is 4.28. The smallest absolute Gasteiger partial charge is 0.320 e. The van der Waals surface area contributed by atoms with E-state index in [4.69, 9.17) is 4.74 Å². The first kappa shape index (κ1) is 14.2. The molecule has 0 fully saturated rings. The van der Waals surface area contributed by atoms with Crippen molar-refractivity contribution < 1.29 is 4.74 Å². The Morgan fingerprint density at radius 2 is 1.05 bits per heavy atom. The molecule has 4 heteroatoms. The van der Waals surface area contributed by atoms with Crippen LogP contribution in [0.15, 0.2) is 48.5 Å². The molecule has 0 bridgehead atoms. The Kier molecular flexibility index (Phi) is 3.83. The highest BCUT2D eigenvalue weighted by Gasteiger charge is 2.10. The molecule has 0 aliphatic heterocycles. The fraction of sp³-hybridized carbons (Fsp3) is 0.167. The van der Waals surface area contributed by atoms with Crippen LogP contribution in [0.4, 0.5) is 0 Å². The van der Waals surface area contributed by atoms with Crippen molar-refractivity contribution in [3.8, 4) is 28.8 Å². The van der Waals surface area contributed by atoms with Crippen molar-refractivity contribution in [1.29, 1.82) is 0 Å². The van der Waals surface area contributed by atoms with E-state index in [1.165, 1.54) is 11.1 Å². The lowest BCUT2D eigenvalue weighted by atomic mass is 10.1. The first-order valence-corrected chi connectivity index (χ1v) is 7.10. The molecule has 0 aliphatic rings. The van der Waals surface area contributed by atoms with Gasteiger partial charge in [-0.1, -0.05) is 59.7 Å². The molecule has 0 saturated carbocycles. The largest absolute Gasteiger partial charge is 0.467 e. The van der Waals surface area contributed by atoms with Crippen LogP contribution in [0, 0.1) is 13.8 Å². The Morgan fingerprint density at radius 1 is 0.636 bits per heavy atom. The molecule has 0 spiro atoms. The predicted octanol–water partition coefficient (Wildman–Crippen LogP) is 3.83. The van der Waals surface area contributed by atoms with Crippen LogP contribution in [-0.4, -0.2) is 22.1 Å². The van der Waals surface area contributed by atoms with Crippen molar-refractivity contribution in [3.05, 3.63) is 59.7 Å². The number of aromatic nitrogens is 3. The molecule has 22 heavy (non-hydrogen) atoms. The maximum absolute atomic E-state index is 5.22. The van der Waals surface area contributed by atoms with E-state index in [1.54, 1.807) is 7.11 Å². The summed E-state index contributed by atoms with van der Waals surface area (Å²) in [5.74, 6) is 1.23. The summed E-state index contributed by atoms with van der Waals surface area (Å²) in [6.45, 7) is 4.10. The average molecular weight is 291 g/mol. The molecule has 0 aliphatic carbocycles. The molecule has 1 aromatic heterocycles. The van der Waals surface area contributed by atoms with Crippen LogP contribution in [0.5, 0.6) is 6.01 Å². The van der Waals surface area contributed by atoms with Gasteiger partial charge in [-0.05, 0) is 13.8 Å². The maximum Gasteiger partial charge on any atom is 0.320 e. The molecule has 0 radical (unpaired) electrons. The molecular formula is C18H17N3O. The number of ether oxygens (including phenoxy) is 1. The average Bonchev–Trinajstić information content (AvgIpc) is 2.55. The highest BCUT2D eigenvalue weighted by molar-refractivity contribution is 5.61. The van der Waals surface area contributed by atoms with Crippen molar-refractivity contribution in [2.45, 2.75) is 13.8 Å². The molecule has 3 aromatic rings. The van der Waals surface area contributed by atoms with Crippen molar-refractivity contribution in [2.24, 2.45) is 0 Å². The minimum Gasteiger partial charge on any atom is -0.467 e. The maximum atomic E-state index is 5.22. The Bertz CT molecular complexity index is 717. The van der Waals surface area contributed by atoms with Gasteiger partial charge in [0.05, 0.1) is 7.11 Å². The Hall–Kier alpha value is -2.75. The molecule has 4 nitrogen and oxygen atoms in total. The molecule has 0 amide bonds. The molecular weight excluding hydrogens is 274 g/mol. The minimum atomic E-state index is 0.321. The monoisotopic (exact) mass is 291 g/mol. The van der Waals surface area contributed by atoms with Crippen LogP contribution in [0.2, 0.25) is 0 Å². The Balaban J connectivity index is 2.10. The quantitative estimate of drug-likeness (QED) is 0.736. The normalized spacial score (nSPS) is 10.5. The zero-order valence-corrected chi connectivity index (χ0v) is 12.9. The van der Waals surface area contributed by atoms with Gasteiger partial charge in [-0.2, -0.15) is 9.97 Å². The number of hydrogen-bond donors (Lipinski definition) is 0. The van der Waals surface area contributed by atoms with Crippen LogP contribution in [0.3, 0.4) is 0 Å². The lowest BCUT2D eigenvalue weighted by Crippen LogP contribution is -2.00. The number of rotatable bonds is 3. The van der Waals surface area contributed by atoms with Gasteiger partial charge in [0.25, 0.3) is 0 Å². The summed E-state index contributed by atoms with van der Waals surface area (Å²) in [6, 6.07) is 16.5. The summed E-state index contributed by atoms with van der Waals surface area (Å²) >= 11 is 0. The van der Waals surface area contributed by atoms with Crippen LogP contribution < -0.4 is 4.74 Å². The van der Waals surface area contributed by atoms with Gasteiger partial charge in [0.15, 0.2) is 11.6 Å². The van der Waals surface area contributed by atoms with Crippen molar-refractivity contribution in [1.82, 2.24) is 15.0 Å². The van der Waals surface area contributed by atoms with Gasteiger partial charge in [0.1, 0.15) is 0 Å². The van der Waals surface area contributed by atoms with Crippen LogP contribution >= 0.6 is 0 Å². The van der Waals surface area contributed by atoms with E-state index in [9.17, 15) is 0 Å². The molecule has 3 rings (SSSR count). The van der Waals surface area contributed by atoms with Crippen LogP contribution in [0.1, 0.15) is 11.1 Å². The second-order valence-electron chi connectivity index (χ2n) is 5.20. The van der Waals surface area contributed by atoms with Gasteiger partial charge in [-0.25, -0.2) is 4.98 Å². The standard InChI is InChI=1S/C18H17N3O/c1-12-4-8-14(9-5-12)16-19-17(21-18(20-16)22-3)15-10-6-13(2)7-11-15/h4-11H,1-3H3. The fourth-order valence-electron chi connectivity index (χ4n) is 2.11. The van der Waals surface area contributed by atoms with Crippen molar-refractivity contribution in [3.63, 3.8) is 0 Å². The number of methoxy groups -OCH3 is 1. The molecule has 0 N–H and O–H groups in total. The number of benzene rings is 2.